The first-order valence-electron chi connectivity index (χ1n) is 14.6. The van der Waals surface area contributed by atoms with Crippen LogP contribution in [0.3, 0.4) is 0 Å². The van der Waals surface area contributed by atoms with Crippen molar-refractivity contribution in [3.05, 3.63) is 144 Å². The van der Waals surface area contributed by atoms with E-state index in [2.05, 4.69) is 33.4 Å². The Hall–Kier alpha value is -7.12. The summed E-state index contributed by atoms with van der Waals surface area (Å²) >= 11 is 0. The van der Waals surface area contributed by atoms with Crippen molar-refractivity contribution < 1.29 is 0 Å². The van der Waals surface area contributed by atoms with E-state index in [1.54, 1.807) is 6.07 Å². The summed E-state index contributed by atoms with van der Waals surface area (Å²) in [6.07, 6.45) is 0. The molecule has 210 valence electrons. The molecule has 0 radical (unpaired) electrons. The predicted molar refractivity (Wildman–Crippen MR) is 179 cm³/mol. The standard InChI is InChI=1S/C40H20N6/c41-21-25-6-5-7-29(16-25)40-38(45-34-10-3-1-8-30(34)32-17-26(22-42)12-14-36(32)45)19-28(24-44)20-39(40)46-35-11-4-2-9-31(35)33-18-27(23-43)13-15-37(33)46/h1-20H. The molecule has 46 heavy (non-hydrogen) atoms. The highest BCUT2D eigenvalue weighted by atomic mass is 15.0. The van der Waals surface area contributed by atoms with Crippen LogP contribution >= 0.6 is 0 Å². The second kappa shape index (κ2) is 10.3. The number of nitrogens with zero attached hydrogens (tertiary/aromatic N) is 6. The van der Waals surface area contributed by atoms with E-state index in [0.29, 0.717) is 22.3 Å². The third-order valence-electron chi connectivity index (χ3n) is 8.59. The second-order valence-electron chi connectivity index (χ2n) is 11.1. The number of para-hydroxylation sites is 2. The zero-order chi connectivity index (χ0) is 31.4. The van der Waals surface area contributed by atoms with Gasteiger partial charge in [0.15, 0.2) is 0 Å². The number of hydrogen-bond acceptors (Lipinski definition) is 4. The zero-order valence-corrected chi connectivity index (χ0v) is 24.2. The van der Waals surface area contributed by atoms with Crippen LogP contribution in [0.4, 0.5) is 0 Å². The number of hydrogen-bond donors (Lipinski definition) is 0. The lowest BCUT2D eigenvalue weighted by Gasteiger charge is -2.21. The van der Waals surface area contributed by atoms with Crippen LogP contribution in [0.2, 0.25) is 0 Å². The Balaban J connectivity index is 1.60. The highest BCUT2D eigenvalue weighted by Crippen LogP contribution is 2.43. The van der Waals surface area contributed by atoms with Gasteiger partial charge in [-0.15, -0.1) is 0 Å². The average Bonchev–Trinajstić information content (AvgIpc) is 3.63. The van der Waals surface area contributed by atoms with Crippen molar-refractivity contribution in [1.82, 2.24) is 9.13 Å². The van der Waals surface area contributed by atoms with Crippen LogP contribution in [-0.4, -0.2) is 9.13 Å². The van der Waals surface area contributed by atoms with Gasteiger partial charge >= 0.3 is 0 Å². The van der Waals surface area contributed by atoms with Gasteiger partial charge in [0.25, 0.3) is 0 Å². The number of aromatic nitrogens is 2. The van der Waals surface area contributed by atoms with Crippen LogP contribution in [0.1, 0.15) is 22.3 Å². The van der Waals surface area contributed by atoms with E-state index in [0.717, 1.165) is 66.1 Å². The molecule has 0 amide bonds. The molecule has 0 saturated carbocycles. The maximum absolute atomic E-state index is 10.4. The summed E-state index contributed by atoms with van der Waals surface area (Å²) in [5.74, 6) is 0. The van der Waals surface area contributed by atoms with Crippen molar-refractivity contribution in [2.45, 2.75) is 0 Å². The highest BCUT2D eigenvalue weighted by Gasteiger charge is 2.23. The van der Waals surface area contributed by atoms with E-state index in [4.69, 9.17) is 0 Å². The van der Waals surface area contributed by atoms with E-state index in [1.807, 2.05) is 115 Å². The Morgan fingerprint density at radius 1 is 0.370 bits per heavy atom. The van der Waals surface area contributed by atoms with Crippen LogP contribution in [-0.2, 0) is 0 Å². The Kier molecular flexibility index (Phi) is 5.91. The van der Waals surface area contributed by atoms with E-state index < -0.39 is 0 Å². The summed E-state index contributed by atoms with van der Waals surface area (Å²) in [4.78, 5) is 0. The molecule has 0 unspecified atom stereocenters. The van der Waals surface area contributed by atoms with Gasteiger partial charge in [-0.25, -0.2) is 0 Å². The van der Waals surface area contributed by atoms with Crippen LogP contribution in [0.25, 0.3) is 66.1 Å². The summed E-state index contributed by atoms with van der Waals surface area (Å²) in [6, 6.07) is 47.9. The number of fused-ring (bicyclic) bond motifs is 6. The van der Waals surface area contributed by atoms with Crippen molar-refractivity contribution in [2.75, 3.05) is 0 Å². The van der Waals surface area contributed by atoms with Gasteiger partial charge in [0.05, 0.1) is 80.0 Å². The lowest BCUT2D eigenvalue weighted by Crippen LogP contribution is -2.05. The van der Waals surface area contributed by atoms with Gasteiger partial charge in [0.1, 0.15) is 0 Å². The number of nitriles is 4. The Bertz CT molecular complexity index is 2600. The molecule has 0 N–H and O–H groups in total. The minimum absolute atomic E-state index is 0.462. The molecule has 0 atom stereocenters. The summed E-state index contributed by atoms with van der Waals surface area (Å²) in [6.45, 7) is 0. The van der Waals surface area contributed by atoms with Gasteiger partial charge < -0.3 is 9.13 Å². The van der Waals surface area contributed by atoms with Crippen molar-refractivity contribution in [1.29, 1.82) is 21.0 Å². The maximum Gasteiger partial charge on any atom is 0.0993 e. The van der Waals surface area contributed by atoms with E-state index >= 15 is 0 Å². The molecule has 0 spiro atoms. The zero-order valence-electron chi connectivity index (χ0n) is 24.2. The minimum atomic E-state index is 0.462. The van der Waals surface area contributed by atoms with Gasteiger partial charge in [0.2, 0.25) is 0 Å². The summed E-state index contributed by atoms with van der Waals surface area (Å²) in [5, 5.41) is 43.6. The van der Waals surface area contributed by atoms with Crippen LogP contribution in [0.5, 0.6) is 0 Å². The quantitative estimate of drug-likeness (QED) is 0.207. The molecular weight excluding hydrogens is 564 g/mol. The Morgan fingerprint density at radius 2 is 0.826 bits per heavy atom. The maximum atomic E-state index is 10.4. The third kappa shape index (κ3) is 3.86. The normalized spacial score (nSPS) is 11.0. The van der Waals surface area contributed by atoms with Crippen LogP contribution < -0.4 is 0 Å². The van der Waals surface area contributed by atoms with Crippen LogP contribution in [0.15, 0.2) is 121 Å². The smallest absolute Gasteiger partial charge is 0.0993 e. The van der Waals surface area contributed by atoms with Crippen molar-refractivity contribution in [3.63, 3.8) is 0 Å². The molecular formula is C40H20N6. The molecule has 8 aromatic rings. The lowest BCUT2D eigenvalue weighted by atomic mass is 9.97. The number of benzene rings is 6. The molecule has 6 aromatic carbocycles. The monoisotopic (exact) mass is 584 g/mol. The molecule has 0 aliphatic carbocycles. The molecule has 0 aliphatic heterocycles. The van der Waals surface area contributed by atoms with Crippen LogP contribution in [0, 0.1) is 45.3 Å². The molecule has 0 fully saturated rings. The number of rotatable bonds is 3. The van der Waals surface area contributed by atoms with Gasteiger partial charge in [-0.1, -0.05) is 48.5 Å². The van der Waals surface area contributed by atoms with Gasteiger partial charge in [-0.05, 0) is 78.4 Å². The second-order valence-corrected chi connectivity index (χ2v) is 11.1. The minimum Gasteiger partial charge on any atom is -0.308 e. The van der Waals surface area contributed by atoms with Gasteiger partial charge in [-0.2, -0.15) is 21.0 Å². The molecule has 8 rings (SSSR count). The van der Waals surface area contributed by atoms with Crippen molar-refractivity contribution in [3.8, 4) is 46.8 Å². The summed E-state index contributed by atoms with van der Waals surface area (Å²) in [5.41, 5.74) is 8.89. The largest absolute Gasteiger partial charge is 0.308 e. The molecule has 2 heterocycles. The van der Waals surface area contributed by atoms with Gasteiger partial charge in [0, 0.05) is 27.1 Å². The Labute approximate surface area is 263 Å². The predicted octanol–water partition coefficient (Wildman–Crippen LogP) is 9.03. The van der Waals surface area contributed by atoms with E-state index in [-0.39, 0.29) is 0 Å². The first kappa shape index (κ1) is 26.5. The molecule has 2 aromatic heterocycles. The fourth-order valence-corrected chi connectivity index (χ4v) is 6.67. The molecule has 0 saturated heterocycles. The first-order valence-corrected chi connectivity index (χ1v) is 14.6. The van der Waals surface area contributed by atoms with Crippen molar-refractivity contribution >= 4 is 43.6 Å². The fourth-order valence-electron chi connectivity index (χ4n) is 6.67. The molecule has 0 bridgehead atoms. The SMILES string of the molecule is N#Cc1cccc(-c2c(-n3c4ccccc4c4cc(C#N)ccc43)cc(C#N)cc2-n2c3ccccc3c3cc(C#N)ccc32)c1. The van der Waals surface area contributed by atoms with Crippen molar-refractivity contribution in [2.24, 2.45) is 0 Å². The lowest BCUT2D eigenvalue weighted by molar-refractivity contribution is 1.13. The van der Waals surface area contributed by atoms with E-state index in [1.165, 1.54) is 0 Å². The van der Waals surface area contributed by atoms with E-state index in [9.17, 15) is 21.0 Å². The first-order chi connectivity index (χ1) is 22.6. The summed E-state index contributed by atoms with van der Waals surface area (Å²) in [7, 11) is 0. The molecule has 6 heteroatoms. The summed E-state index contributed by atoms with van der Waals surface area (Å²) < 4.78 is 4.29. The average molecular weight is 585 g/mol. The fraction of sp³-hybridized carbons (Fsp3) is 0. The van der Waals surface area contributed by atoms with Gasteiger partial charge in [-0.3, -0.25) is 0 Å². The highest BCUT2D eigenvalue weighted by molar-refractivity contribution is 6.12. The third-order valence-corrected chi connectivity index (χ3v) is 8.59. The molecule has 6 nitrogen and oxygen atoms in total. The topological polar surface area (TPSA) is 105 Å². The molecule has 0 aliphatic rings. The Morgan fingerprint density at radius 3 is 1.33 bits per heavy atom.